The van der Waals surface area contributed by atoms with Gasteiger partial charge in [0.25, 0.3) is 11.1 Å². The molecule has 0 spiro atoms. The van der Waals surface area contributed by atoms with Gasteiger partial charge in [0.1, 0.15) is 11.8 Å². The third-order valence-electron chi connectivity index (χ3n) is 5.06. The van der Waals surface area contributed by atoms with E-state index in [1.165, 1.54) is 20.1 Å². The number of benzene rings is 1. The maximum atomic E-state index is 12.8. The topological polar surface area (TPSA) is 119 Å². The molecular weight excluding hydrogens is 436 g/mol. The number of para-hydroxylation sites is 1. The molecule has 4 rings (SSSR count). The highest BCUT2D eigenvalue weighted by molar-refractivity contribution is 8.18. The van der Waals surface area contributed by atoms with Crippen LogP contribution < -0.4 is 0 Å². The average molecular weight is 454 g/mol. The molecule has 0 bridgehead atoms. The number of ether oxygens (including phenoxy) is 1. The molecule has 1 unspecified atom stereocenters. The highest BCUT2D eigenvalue weighted by Crippen LogP contribution is 2.35. The standard InChI is InChI=1S/C22H18N2O7S/c1-12(21(28)30-2)24-19(25)18(32-22(24)29)9-13-10-23(16-6-4-3-5-15(13)16)11-14-7-8-17(31-14)20(26)27/h3-10,12H,11H2,1-2H3,(H,26,27). The van der Waals surface area contributed by atoms with E-state index in [4.69, 9.17) is 9.52 Å². The van der Waals surface area contributed by atoms with Crippen LogP contribution >= 0.6 is 11.8 Å². The summed E-state index contributed by atoms with van der Waals surface area (Å²) in [6, 6.07) is 9.44. The lowest BCUT2D eigenvalue weighted by molar-refractivity contribution is -0.148. The van der Waals surface area contributed by atoms with Gasteiger partial charge in [-0.2, -0.15) is 0 Å². The normalized spacial score (nSPS) is 16.2. The average Bonchev–Trinajstić information content (AvgIpc) is 3.45. The maximum absolute atomic E-state index is 12.8. The van der Waals surface area contributed by atoms with Crippen molar-refractivity contribution in [2.75, 3.05) is 7.11 Å². The van der Waals surface area contributed by atoms with Gasteiger partial charge >= 0.3 is 11.9 Å². The molecule has 1 fully saturated rings. The van der Waals surface area contributed by atoms with Crippen molar-refractivity contribution < 1.29 is 33.4 Å². The fourth-order valence-electron chi connectivity index (χ4n) is 3.50. The second-order valence-electron chi connectivity index (χ2n) is 7.05. The Morgan fingerprint density at radius 3 is 2.66 bits per heavy atom. The number of methoxy groups -OCH3 is 1. The third-order valence-corrected chi connectivity index (χ3v) is 5.94. The van der Waals surface area contributed by atoms with Crippen LogP contribution in [0.4, 0.5) is 4.79 Å². The number of thioether (sulfide) groups is 1. The van der Waals surface area contributed by atoms with E-state index in [0.717, 1.165) is 27.6 Å². The van der Waals surface area contributed by atoms with Crippen LogP contribution in [0.1, 0.15) is 28.8 Å². The Bertz CT molecular complexity index is 1290. The molecule has 9 nitrogen and oxygen atoms in total. The SMILES string of the molecule is COC(=O)C(C)N1C(=O)SC(=Cc2cn(Cc3ccc(C(=O)O)o3)c3ccccc23)C1=O. The van der Waals surface area contributed by atoms with Crippen LogP contribution in [0, 0.1) is 0 Å². The largest absolute Gasteiger partial charge is 0.475 e. The lowest BCUT2D eigenvalue weighted by Crippen LogP contribution is -2.42. The van der Waals surface area contributed by atoms with Gasteiger partial charge < -0.3 is 18.8 Å². The van der Waals surface area contributed by atoms with E-state index >= 15 is 0 Å². The zero-order valence-electron chi connectivity index (χ0n) is 17.1. The Morgan fingerprint density at radius 2 is 1.97 bits per heavy atom. The molecule has 0 radical (unpaired) electrons. The number of imide groups is 1. The van der Waals surface area contributed by atoms with Crippen molar-refractivity contribution >= 4 is 51.8 Å². The molecule has 2 amide bonds. The van der Waals surface area contributed by atoms with E-state index in [0.29, 0.717) is 11.3 Å². The number of nitrogens with zero attached hydrogens (tertiary/aromatic N) is 2. The lowest BCUT2D eigenvalue weighted by atomic mass is 10.1. The van der Waals surface area contributed by atoms with Crippen LogP contribution in [-0.2, 0) is 20.9 Å². The van der Waals surface area contributed by atoms with Crippen LogP contribution in [0.3, 0.4) is 0 Å². The molecule has 10 heteroatoms. The number of aromatic nitrogens is 1. The number of amides is 2. The first kappa shape index (κ1) is 21.4. The number of esters is 1. The van der Waals surface area contributed by atoms with Gasteiger partial charge in [0.15, 0.2) is 0 Å². The minimum Gasteiger partial charge on any atom is -0.475 e. The van der Waals surface area contributed by atoms with Crippen molar-refractivity contribution in [3.63, 3.8) is 0 Å². The molecule has 1 aromatic carbocycles. The van der Waals surface area contributed by atoms with Crippen LogP contribution in [-0.4, -0.2) is 50.8 Å². The summed E-state index contributed by atoms with van der Waals surface area (Å²) < 4.78 is 11.9. The first-order valence-corrected chi connectivity index (χ1v) is 10.4. The van der Waals surface area contributed by atoms with E-state index in [1.807, 2.05) is 28.8 Å². The molecule has 2 aromatic heterocycles. The van der Waals surface area contributed by atoms with E-state index in [1.54, 1.807) is 18.3 Å². The van der Waals surface area contributed by atoms with Gasteiger partial charge in [-0.15, -0.1) is 0 Å². The molecule has 1 aliphatic heterocycles. The molecule has 3 heterocycles. The fraction of sp³-hybridized carbons (Fsp3) is 0.182. The van der Waals surface area contributed by atoms with Crippen molar-refractivity contribution in [2.45, 2.75) is 19.5 Å². The lowest BCUT2D eigenvalue weighted by Gasteiger charge is -2.18. The smallest absolute Gasteiger partial charge is 0.371 e. The Labute approximate surface area is 186 Å². The number of hydrogen-bond acceptors (Lipinski definition) is 7. The molecule has 3 aromatic rings. The number of carboxylic acid groups (broad SMARTS) is 1. The van der Waals surface area contributed by atoms with Crippen LogP contribution in [0.25, 0.3) is 17.0 Å². The van der Waals surface area contributed by atoms with Crippen LogP contribution in [0.15, 0.2) is 51.9 Å². The Hall–Kier alpha value is -3.79. The fourth-order valence-corrected chi connectivity index (χ4v) is 4.40. The Balaban J connectivity index is 1.68. The van der Waals surface area contributed by atoms with Crippen molar-refractivity contribution in [3.8, 4) is 0 Å². The summed E-state index contributed by atoms with van der Waals surface area (Å²) in [5, 5.41) is 9.35. The van der Waals surface area contributed by atoms with Gasteiger partial charge in [-0.25, -0.2) is 9.59 Å². The zero-order chi connectivity index (χ0) is 23.0. The molecule has 164 valence electrons. The Morgan fingerprint density at radius 1 is 1.22 bits per heavy atom. The number of carbonyl (C=O) groups is 4. The molecule has 1 aliphatic rings. The third kappa shape index (κ3) is 3.80. The van der Waals surface area contributed by atoms with E-state index < -0.39 is 29.1 Å². The molecule has 0 aliphatic carbocycles. The second-order valence-corrected chi connectivity index (χ2v) is 8.04. The van der Waals surface area contributed by atoms with Crippen molar-refractivity contribution in [1.29, 1.82) is 0 Å². The van der Waals surface area contributed by atoms with Crippen molar-refractivity contribution in [1.82, 2.24) is 9.47 Å². The van der Waals surface area contributed by atoms with Gasteiger partial charge in [-0.3, -0.25) is 14.5 Å². The summed E-state index contributed by atoms with van der Waals surface area (Å²) in [4.78, 5) is 49.1. The summed E-state index contributed by atoms with van der Waals surface area (Å²) in [5.74, 6) is -2.07. The van der Waals surface area contributed by atoms with Crippen LogP contribution in [0.2, 0.25) is 0 Å². The quantitative estimate of drug-likeness (QED) is 0.443. The summed E-state index contributed by atoms with van der Waals surface area (Å²) >= 11 is 0.759. The predicted octanol–water partition coefficient (Wildman–Crippen LogP) is 3.58. The van der Waals surface area contributed by atoms with Gasteiger partial charge in [-0.1, -0.05) is 18.2 Å². The van der Waals surface area contributed by atoms with Gasteiger partial charge in [0.2, 0.25) is 5.76 Å². The summed E-state index contributed by atoms with van der Waals surface area (Å²) in [6.07, 6.45) is 3.41. The zero-order valence-corrected chi connectivity index (χ0v) is 17.9. The number of hydrogen-bond donors (Lipinski definition) is 1. The highest BCUT2D eigenvalue weighted by Gasteiger charge is 2.41. The number of fused-ring (bicyclic) bond motifs is 1. The predicted molar refractivity (Wildman–Crippen MR) is 116 cm³/mol. The van der Waals surface area contributed by atoms with Gasteiger partial charge in [-0.05, 0) is 43.0 Å². The number of rotatable bonds is 6. The second kappa shape index (κ2) is 8.39. The van der Waals surface area contributed by atoms with Gasteiger partial charge in [0.05, 0.1) is 18.6 Å². The monoisotopic (exact) mass is 454 g/mol. The molecule has 1 saturated heterocycles. The highest BCUT2D eigenvalue weighted by atomic mass is 32.2. The summed E-state index contributed by atoms with van der Waals surface area (Å²) in [5.41, 5.74) is 1.54. The van der Waals surface area contributed by atoms with Crippen LogP contribution in [0.5, 0.6) is 0 Å². The number of carboxylic acids is 1. The first-order valence-electron chi connectivity index (χ1n) is 9.55. The molecule has 1 N–H and O–H groups in total. The Kier molecular flexibility index (Phi) is 5.62. The minimum atomic E-state index is -1.15. The summed E-state index contributed by atoms with van der Waals surface area (Å²) in [7, 11) is 1.20. The van der Waals surface area contributed by atoms with Crippen molar-refractivity contribution in [2.24, 2.45) is 0 Å². The van der Waals surface area contributed by atoms with E-state index in [2.05, 4.69) is 4.74 Å². The number of aromatic carboxylic acids is 1. The van der Waals surface area contributed by atoms with E-state index in [9.17, 15) is 19.2 Å². The summed E-state index contributed by atoms with van der Waals surface area (Å²) in [6.45, 7) is 1.72. The first-order chi connectivity index (χ1) is 15.3. The number of furan rings is 1. The van der Waals surface area contributed by atoms with E-state index in [-0.39, 0.29) is 17.2 Å². The minimum absolute atomic E-state index is 0.148. The maximum Gasteiger partial charge on any atom is 0.371 e. The van der Waals surface area contributed by atoms with Gasteiger partial charge in [0, 0.05) is 22.7 Å². The molecular formula is C22H18N2O7S. The van der Waals surface area contributed by atoms with Crippen molar-refractivity contribution in [3.05, 3.63) is 64.6 Å². The molecule has 1 atom stereocenters. The molecule has 0 saturated carbocycles. The molecule has 32 heavy (non-hydrogen) atoms. The number of carbonyl (C=O) groups excluding carboxylic acids is 3.